The molecular weight excluding hydrogens is 673 g/mol. The van der Waals surface area contributed by atoms with Crippen LogP contribution in [0.4, 0.5) is 17.1 Å². The summed E-state index contributed by atoms with van der Waals surface area (Å²) in [7, 11) is 0. The highest BCUT2D eigenvalue weighted by molar-refractivity contribution is 7.22. The molecule has 2 nitrogen and oxygen atoms in total. The molecular formula is C51H38N2S. The van der Waals surface area contributed by atoms with Crippen molar-refractivity contribution in [3.05, 3.63) is 193 Å². The molecule has 1 atom stereocenters. The van der Waals surface area contributed by atoms with Crippen molar-refractivity contribution < 1.29 is 0 Å². The Hall–Kier alpha value is -6.16. The van der Waals surface area contributed by atoms with E-state index in [1.165, 1.54) is 76.2 Å². The molecule has 0 N–H and O–H groups in total. The smallest absolute Gasteiger partial charge is 0.0538 e. The van der Waals surface area contributed by atoms with Gasteiger partial charge in [0.1, 0.15) is 0 Å². The van der Waals surface area contributed by atoms with Crippen LogP contribution in [0.5, 0.6) is 0 Å². The number of hydrogen-bond acceptors (Lipinski definition) is 2. The number of benzene rings is 7. The van der Waals surface area contributed by atoms with E-state index in [2.05, 4.69) is 199 Å². The lowest BCUT2D eigenvalue weighted by molar-refractivity contribution is 0.382. The second kappa shape index (κ2) is 11.9. The van der Waals surface area contributed by atoms with E-state index in [0.717, 1.165) is 23.5 Å². The third-order valence-corrected chi connectivity index (χ3v) is 13.3. The van der Waals surface area contributed by atoms with Crippen LogP contribution in [0.2, 0.25) is 0 Å². The quantitative estimate of drug-likeness (QED) is 0.173. The van der Waals surface area contributed by atoms with Crippen molar-refractivity contribution in [1.82, 2.24) is 4.57 Å². The number of thiophene rings is 1. The van der Waals surface area contributed by atoms with Gasteiger partial charge in [-0.2, -0.15) is 0 Å². The molecule has 1 aliphatic heterocycles. The number of para-hydroxylation sites is 2. The third kappa shape index (κ3) is 4.65. The topological polar surface area (TPSA) is 8.17 Å². The van der Waals surface area contributed by atoms with Crippen molar-refractivity contribution in [2.24, 2.45) is 0 Å². The minimum atomic E-state index is -0.0683. The van der Waals surface area contributed by atoms with E-state index in [1.807, 2.05) is 11.3 Å². The monoisotopic (exact) mass is 710 g/mol. The standard InChI is InChI=1S/C51H38N2S/c1-51(2)43-31-36(35-23-28-39(29-24-35)52(37-15-7-4-8-16-37)38-26-21-34(22-27-38)33-13-5-3-6-14-33)25-30-46(43)53-45-19-11-9-18-41(45)48-49(53)44(51)32-42-40-17-10-12-20-47(40)54-50(42)48/h3-31,44H,32H2,1-2H3. The third-order valence-electron chi connectivity index (χ3n) is 12.1. The maximum Gasteiger partial charge on any atom is 0.0538 e. The summed E-state index contributed by atoms with van der Waals surface area (Å²) in [5.74, 6) is 0.364. The Morgan fingerprint density at radius 2 is 1.11 bits per heavy atom. The van der Waals surface area contributed by atoms with Crippen molar-refractivity contribution in [3.63, 3.8) is 0 Å². The summed E-state index contributed by atoms with van der Waals surface area (Å²) in [5, 5.41) is 2.79. The summed E-state index contributed by atoms with van der Waals surface area (Å²) < 4.78 is 4.00. The maximum atomic E-state index is 2.61. The molecule has 0 amide bonds. The molecule has 0 radical (unpaired) electrons. The average molecular weight is 711 g/mol. The lowest BCUT2D eigenvalue weighted by atomic mass is 9.64. The average Bonchev–Trinajstić information content (AvgIpc) is 3.78. The molecule has 0 saturated carbocycles. The minimum absolute atomic E-state index is 0.0683. The fraction of sp³-hybridized carbons (Fsp3) is 0.0980. The van der Waals surface area contributed by atoms with E-state index >= 15 is 0 Å². The van der Waals surface area contributed by atoms with Gasteiger partial charge in [-0.1, -0.05) is 129 Å². The molecule has 2 aliphatic rings. The van der Waals surface area contributed by atoms with E-state index < -0.39 is 0 Å². The molecule has 1 aliphatic carbocycles. The highest BCUT2D eigenvalue weighted by Gasteiger charge is 2.46. The first-order chi connectivity index (χ1) is 26.5. The van der Waals surface area contributed by atoms with Gasteiger partial charge in [0, 0.05) is 60.3 Å². The Labute approximate surface area is 320 Å². The minimum Gasteiger partial charge on any atom is -0.312 e. The van der Waals surface area contributed by atoms with Crippen molar-refractivity contribution >= 4 is 49.4 Å². The molecule has 2 aromatic heterocycles. The SMILES string of the molecule is CC1(C)c2cc(-c3ccc(N(c4ccccc4)c4ccc(-c5ccccc5)cc4)cc3)ccc2-n2c3c(c4ccccc42)-c2sc4ccccc4c2CC31. The predicted molar refractivity (Wildman–Crippen MR) is 229 cm³/mol. The van der Waals surface area contributed by atoms with Crippen LogP contribution in [0.15, 0.2) is 176 Å². The van der Waals surface area contributed by atoms with E-state index in [1.54, 1.807) is 0 Å². The lowest BCUT2D eigenvalue weighted by Crippen LogP contribution is -2.36. The van der Waals surface area contributed by atoms with Crippen LogP contribution in [-0.4, -0.2) is 4.57 Å². The van der Waals surface area contributed by atoms with Crippen LogP contribution >= 0.6 is 11.3 Å². The van der Waals surface area contributed by atoms with Crippen LogP contribution in [0.25, 0.3) is 59.4 Å². The number of fused-ring (bicyclic) bond motifs is 9. The molecule has 3 heteroatoms. The summed E-state index contributed by atoms with van der Waals surface area (Å²) in [4.78, 5) is 3.81. The molecule has 11 rings (SSSR count). The fourth-order valence-electron chi connectivity index (χ4n) is 9.36. The first kappa shape index (κ1) is 31.4. The Morgan fingerprint density at radius 1 is 0.556 bits per heavy atom. The fourth-order valence-corrected chi connectivity index (χ4v) is 10.7. The molecule has 7 aromatic carbocycles. The van der Waals surface area contributed by atoms with Gasteiger partial charge in [0.2, 0.25) is 0 Å². The second-order valence-corrected chi connectivity index (χ2v) is 16.4. The van der Waals surface area contributed by atoms with Gasteiger partial charge in [-0.25, -0.2) is 0 Å². The second-order valence-electron chi connectivity index (χ2n) is 15.4. The van der Waals surface area contributed by atoms with Gasteiger partial charge in [0.15, 0.2) is 0 Å². The summed E-state index contributed by atoms with van der Waals surface area (Å²) in [6.45, 7) is 4.96. The number of hydrogen-bond donors (Lipinski definition) is 0. The van der Waals surface area contributed by atoms with Crippen LogP contribution in [-0.2, 0) is 11.8 Å². The van der Waals surface area contributed by atoms with E-state index in [-0.39, 0.29) is 5.41 Å². The maximum absolute atomic E-state index is 2.61. The van der Waals surface area contributed by atoms with Crippen LogP contribution in [0.3, 0.4) is 0 Å². The normalized spacial score (nSPS) is 15.1. The molecule has 1 unspecified atom stereocenters. The van der Waals surface area contributed by atoms with Gasteiger partial charge < -0.3 is 9.47 Å². The number of rotatable bonds is 5. The Morgan fingerprint density at radius 3 is 1.83 bits per heavy atom. The molecule has 258 valence electrons. The van der Waals surface area contributed by atoms with Gasteiger partial charge in [0.25, 0.3) is 0 Å². The molecule has 9 aromatic rings. The summed E-state index contributed by atoms with van der Waals surface area (Å²) in [6.07, 6.45) is 1.05. The number of nitrogens with zero attached hydrogens (tertiary/aromatic N) is 2. The molecule has 0 spiro atoms. The number of aromatic nitrogens is 1. The Kier molecular flexibility index (Phi) is 6.93. The molecule has 3 heterocycles. The van der Waals surface area contributed by atoms with Crippen LogP contribution in [0.1, 0.15) is 36.6 Å². The summed E-state index contributed by atoms with van der Waals surface area (Å²) >= 11 is 1.97. The summed E-state index contributed by atoms with van der Waals surface area (Å²) in [6, 6.07) is 64.6. The largest absolute Gasteiger partial charge is 0.312 e. The molecule has 0 bridgehead atoms. The van der Waals surface area contributed by atoms with Crippen molar-refractivity contribution in [2.75, 3.05) is 4.90 Å². The highest BCUT2D eigenvalue weighted by atomic mass is 32.1. The van der Waals surface area contributed by atoms with Crippen molar-refractivity contribution in [1.29, 1.82) is 0 Å². The van der Waals surface area contributed by atoms with Gasteiger partial charge >= 0.3 is 0 Å². The van der Waals surface area contributed by atoms with Crippen molar-refractivity contribution in [2.45, 2.75) is 31.6 Å². The predicted octanol–water partition coefficient (Wildman–Crippen LogP) is 14.2. The zero-order chi connectivity index (χ0) is 36.0. The first-order valence-electron chi connectivity index (χ1n) is 18.9. The van der Waals surface area contributed by atoms with Crippen LogP contribution < -0.4 is 4.90 Å². The highest BCUT2D eigenvalue weighted by Crippen LogP contribution is 2.59. The van der Waals surface area contributed by atoms with E-state index in [0.29, 0.717) is 5.92 Å². The molecule has 0 fully saturated rings. The Bertz CT molecular complexity index is 2860. The van der Waals surface area contributed by atoms with Crippen LogP contribution in [0, 0.1) is 0 Å². The Balaban J connectivity index is 1.00. The van der Waals surface area contributed by atoms with Gasteiger partial charge in [-0.05, 0) is 106 Å². The van der Waals surface area contributed by atoms with Gasteiger partial charge in [-0.3, -0.25) is 0 Å². The van der Waals surface area contributed by atoms with Gasteiger partial charge in [0.05, 0.1) is 5.52 Å². The molecule has 54 heavy (non-hydrogen) atoms. The van der Waals surface area contributed by atoms with Gasteiger partial charge in [-0.15, -0.1) is 11.3 Å². The lowest BCUT2D eigenvalue weighted by Gasteiger charge is -2.44. The number of anilines is 3. The van der Waals surface area contributed by atoms with E-state index in [9.17, 15) is 0 Å². The molecule has 0 saturated heterocycles. The summed E-state index contributed by atoms with van der Waals surface area (Å²) in [5.41, 5.74) is 16.8. The van der Waals surface area contributed by atoms with Crippen molar-refractivity contribution in [3.8, 4) is 38.4 Å². The van der Waals surface area contributed by atoms with E-state index in [4.69, 9.17) is 0 Å². The zero-order valence-electron chi connectivity index (χ0n) is 30.3. The first-order valence-corrected chi connectivity index (χ1v) is 19.8. The zero-order valence-corrected chi connectivity index (χ0v) is 31.1.